The molecule has 1 amide bonds. The smallest absolute Gasteiger partial charge is 0.306 e. The maximum absolute atomic E-state index is 13.7. The van der Waals surface area contributed by atoms with Crippen molar-refractivity contribution >= 4 is 30.0 Å². The Morgan fingerprint density at radius 2 is 1.44 bits per heavy atom. The Kier molecular flexibility index (Phi) is 8.78. The molecule has 220 valence electrons. The van der Waals surface area contributed by atoms with Crippen LogP contribution in [0.4, 0.5) is 14.5 Å². The van der Waals surface area contributed by atoms with E-state index in [1.165, 1.54) is 24.3 Å². The lowest BCUT2D eigenvalue weighted by molar-refractivity contribution is -0.131. The van der Waals surface area contributed by atoms with Crippen LogP contribution in [0.5, 0.6) is 5.75 Å². The molecule has 3 aromatic rings. The summed E-state index contributed by atoms with van der Waals surface area (Å²) in [6, 6.07) is 18.3. The second-order valence-corrected chi connectivity index (χ2v) is 18.4. The fraction of sp³-hybridized carbons (Fsp3) is 0.387. The summed E-state index contributed by atoms with van der Waals surface area (Å²) in [6.07, 6.45) is 1.69. The first-order valence-electron chi connectivity index (χ1n) is 13.6. The number of amides is 1. The van der Waals surface area contributed by atoms with Crippen molar-refractivity contribution in [2.24, 2.45) is 5.92 Å². The second-order valence-electron chi connectivity index (χ2n) is 12.1. The van der Waals surface area contributed by atoms with Gasteiger partial charge in [0, 0.05) is 5.69 Å². The molecule has 0 radical (unpaired) electrons. The molecule has 0 bridgehead atoms. The number of anilines is 1. The van der Waals surface area contributed by atoms with Gasteiger partial charge in [0.2, 0.25) is 5.91 Å². The minimum absolute atomic E-state index is 0.0464. The Labute approximate surface area is 242 Å². The molecule has 3 aromatic carbocycles. The van der Waals surface area contributed by atoms with Crippen LogP contribution in [0.15, 0.2) is 72.8 Å². The minimum Gasteiger partial charge on any atom is -0.410 e. The number of benzene rings is 3. The van der Waals surface area contributed by atoms with Gasteiger partial charge in [-0.3, -0.25) is 4.79 Å². The van der Waals surface area contributed by atoms with Gasteiger partial charge < -0.3 is 13.5 Å². The van der Waals surface area contributed by atoms with E-state index < -0.39 is 30.2 Å². The third kappa shape index (κ3) is 7.23. The Hall–Kier alpha value is -3.08. The van der Waals surface area contributed by atoms with Crippen molar-refractivity contribution < 1.29 is 30.6 Å². The van der Waals surface area contributed by atoms with Gasteiger partial charge in [-0.25, -0.2) is 8.78 Å². The molecule has 0 saturated carbocycles. The molecule has 4 rings (SSSR count). The van der Waals surface area contributed by atoms with E-state index in [1.54, 1.807) is 53.4 Å². The number of β-lactam (4-membered cyclic amide) rings is 1. The van der Waals surface area contributed by atoms with Crippen LogP contribution in [-0.2, 0) is 19.3 Å². The molecule has 3 atom stereocenters. The molecule has 1 fully saturated rings. The van der Waals surface area contributed by atoms with E-state index in [2.05, 4.69) is 33.9 Å². The van der Waals surface area contributed by atoms with Gasteiger partial charge in [-0.15, -0.1) is 0 Å². The zero-order valence-corrected chi connectivity index (χ0v) is 26.0. The summed E-state index contributed by atoms with van der Waals surface area (Å²) in [6.45, 7) is 10.8. The Morgan fingerprint density at radius 3 is 1.95 bits per heavy atom. The van der Waals surface area contributed by atoms with E-state index in [9.17, 15) is 22.0 Å². The molecular weight excluding hydrogens is 564 g/mol. The van der Waals surface area contributed by atoms with E-state index in [-0.39, 0.29) is 34.7 Å². The number of hydrogen-bond donors (Lipinski definition) is 0. The third-order valence-corrected chi connectivity index (χ3v) is 13.0. The van der Waals surface area contributed by atoms with Crippen LogP contribution in [0.1, 0.15) is 56.9 Å². The molecule has 0 N–H and O–H groups in total. The van der Waals surface area contributed by atoms with Crippen molar-refractivity contribution in [3.63, 3.8) is 0 Å². The highest BCUT2D eigenvalue weighted by molar-refractivity contribution is 7.86. The summed E-state index contributed by atoms with van der Waals surface area (Å²) >= 11 is 0. The third-order valence-electron chi connectivity index (χ3n) is 8.01. The minimum atomic E-state index is -3.69. The van der Waals surface area contributed by atoms with Crippen molar-refractivity contribution in [2.75, 3.05) is 11.2 Å². The lowest BCUT2D eigenvalue weighted by Gasteiger charge is -2.48. The van der Waals surface area contributed by atoms with Crippen LogP contribution < -0.4 is 9.08 Å². The van der Waals surface area contributed by atoms with Gasteiger partial charge >= 0.3 is 10.1 Å². The number of halogens is 2. The van der Waals surface area contributed by atoms with Gasteiger partial charge in [0.05, 0.1) is 24.3 Å². The summed E-state index contributed by atoms with van der Waals surface area (Å²) in [4.78, 5) is 15.2. The Bertz CT molecular complexity index is 1470. The van der Waals surface area contributed by atoms with Crippen LogP contribution in [0.25, 0.3) is 0 Å². The van der Waals surface area contributed by atoms with Crippen LogP contribution in [-0.4, -0.2) is 28.9 Å². The molecule has 1 unspecified atom stereocenters. The van der Waals surface area contributed by atoms with Crippen molar-refractivity contribution in [1.82, 2.24) is 0 Å². The van der Waals surface area contributed by atoms with Crippen LogP contribution >= 0.6 is 0 Å². The highest BCUT2D eigenvalue weighted by Gasteiger charge is 2.49. The van der Waals surface area contributed by atoms with Crippen LogP contribution in [0, 0.1) is 17.6 Å². The quantitative estimate of drug-likeness (QED) is 0.136. The van der Waals surface area contributed by atoms with Gasteiger partial charge in [-0.2, -0.15) is 8.42 Å². The van der Waals surface area contributed by atoms with Crippen LogP contribution in [0.3, 0.4) is 0 Å². The summed E-state index contributed by atoms with van der Waals surface area (Å²) in [5.74, 6) is -1.05. The monoisotopic (exact) mass is 601 g/mol. The average molecular weight is 602 g/mol. The van der Waals surface area contributed by atoms with Crippen molar-refractivity contribution in [1.29, 1.82) is 0 Å². The largest absolute Gasteiger partial charge is 0.410 e. The van der Waals surface area contributed by atoms with Crippen molar-refractivity contribution in [3.8, 4) is 5.75 Å². The Balaban J connectivity index is 1.63. The van der Waals surface area contributed by atoms with E-state index >= 15 is 0 Å². The first-order valence-corrected chi connectivity index (χ1v) is 18.3. The number of rotatable bonds is 10. The normalized spacial score (nSPS) is 18.6. The second kappa shape index (κ2) is 11.7. The molecule has 0 spiro atoms. The van der Waals surface area contributed by atoms with E-state index in [0.29, 0.717) is 18.5 Å². The molecule has 41 heavy (non-hydrogen) atoms. The molecule has 6 nitrogen and oxygen atoms in total. The standard InChI is InChI=1S/C31H37F2NO5SSi/c1-31(2,3)41(5,6)39-28(21-7-11-23(32)12-8-21)20-19-27-29(22-9-17-26(18-10-22)38-40(4,36)37)34(30(27)35)25-15-13-24(33)14-16-25/h7-18,27-29H,19-20H2,1-6H3/t27-,28?,29-/m1/s1. The average Bonchev–Trinajstić information content (AvgIpc) is 2.87. The topological polar surface area (TPSA) is 72.9 Å². The summed E-state index contributed by atoms with van der Waals surface area (Å²) in [5.41, 5.74) is 2.22. The SMILES string of the molecule is CC(C)(C)[Si](C)(C)OC(CC[C@H]1C(=O)N(c2ccc(F)cc2)[C@@H]1c1ccc(OS(C)(=O)=O)cc1)c1ccc(F)cc1. The maximum Gasteiger partial charge on any atom is 0.306 e. The zero-order chi connectivity index (χ0) is 30.2. The number of hydrogen-bond acceptors (Lipinski definition) is 5. The van der Waals surface area contributed by atoms with Gasteiger partial charge in [-0.1, -0.05) is 45.0 Å². The fourth-order valence-corrected chi connectivity index (χ4v) is 6.61. The zero-order valence-electron chi connectivity index (χ0n) is 24.2. The lowest BCUT2D eigenvalue weighted by Crippen LogP contribution is -2.55. The summed E-state index contributed by atoms with van der Waals surface area (Å²) in [5, 5.41) is -0.0464. The lowest BCUT2D eigenvalue weighted by atomic mass is 9.78. The Morgan fingerprint density at radius 1 is 0.902 bits per heavy atom. The number of carbonyl (C=O) groups is 1. The molecule has 0 aromatic heterocycles. The predicted molar refractivity (Wildman–Crippen MR) is 159 cm³/mol. The summed E-state index contributed by atoms with van der Waals surface area (Å²) < 4.78 is 62.3. The molecule has 10 heteroatoms. The highest BCUT2D eigenvalue weighted by atomic mass is 32.2. The van der Waals surface area contributed by atoms with Gasteiger partial charge in [0.25, 0.3) is 0 Å². The van der Waals surface area contributed by atoms with E-state index in [0.717, 1.165) is 17.4 Å². The molecule has 1 aliphatic rings. The molecule has 1 saturated heterocycles. The van der Waals surface area contributed by atoms with Gasteiger partial charge in [0.15, 0.2) is 8.32 Å². The first-order chi connectivity index (χ1) is 19.1. The van der Waals surface area contributed by atoms with Gasteiger partial charge in [-0.05, 0) is 90.6 Å². The van der Waals surface area contributed by atoms with E-state index in [1.807, 2.05) is 0 Å². The fourth-order valence-electron chi connectivity index (χ4n) is 4.83. The molecule has 1 aliphatic heterocycles. The number of carbonyl (C=O) groups excluding carboxylic acids is 1. The van der Waals surface area contributed by atoms with Crippen molar-refractivity contribution in [2.45, 2.75) is 63.9 Å². The maximum atomic E-state index is 13.7. The summed E-state index contributed by atoms with van der Waals surface area (Å²) in [7, 11) is -5.90. The predicted octanol–water partition coefficient (Wildman–Crippen LogP) is 7.55. The first kappa shape index (κ1) is 30.9. The molecule has 1 heterocycles. The van der Waals surface area contributed by atoms with E-state index in [4.69, 9.17) is 8.61 Å². The molecular formula is C31H37F2NO5SSi. The van der Waals surface area contributed by atoms with Gasteiger partial charge in [0.1, 0.15) is 17.4 Å². The molecule has 0 aliphatic carbocycles. The van der Waals surface area contributed by atoms with Crippen LogP contribution in [0.2, 0.25) is 18.1 Å². The van der Waals surface area contributed by atoms with Crippen molar-refractivity contribution in [3.05, 3.63) is 95.6 Å². The highest BCUT2D eigenvalue weighted by Crippen LogP contribution is 2.48. The number of nitrogens with zero attached hydrogens (tertiary/aromatic N) is 1.